The molecule has 2 aliphatic heterocycles. The molecule has 0 spiro atoms. The summed E-state index contributed by atoms with van der Waals surface area (Å²) in [5.41, 5.74) is 5.45. The second-order valence-corrected chi connectivity index (χ2v) is 5.73. The summed E-state index contributed by atoms with van der Waals surface area (Å²) in [4.78, 5) is 0. The number of anilines is 2. The maximum absolute atomic E-state index is 3.53. The molecule has 0 saturated heterocycles. The van der Waals surface area contributed by atoms with Gasteiger partial charge in [0, 0.05) is 24.5 Å². The number of rotatable bonds is 1. The van der Waals surface area contributed by atoms with Crippen LogP contribution in [0.25, 0.3) is 0 Å². The minimum Gasteiger partial charge on any atom is -0.385 e. The van der Waals surface area contributed by atoms with E-state index in [1.165, 1.54) is 35.3 Å². The first-order chi connectivity index (χ1) is 9.93. The lowest BCUT2D eigenvalue weighted by molar-refractivity contribution is 0.478. The number of hydrogen-bond acceptors (Lipinski definition) is 2. The second-order valence-electron chi connectivity index (χ2n) is 5.73. The Morgan fingerprint density at radius 2 is 1.60 bits per heavy atom. The van der Waals surface area contributed by atoms with E-state index in [9.17, 15) is 0 Å². The molecule has 2 aliphatic rings. The third kappa shape index (κ3) is 1.87. The van der Waals surface area contributed by atoms with Gasteiger partial charge < -0.3 is 10.6 Å². The van der Waals surface area contributed by atoms with Gasteiger partial charge in [0.15, 0.2) is 0 Å². The molecule has 2 unspecified atom stereocenters. The normalized spacial score (nSPS) is 24.0. The van der Waals surface area contributed by atoms with Gasteiger partial charge in [-0.25, -0.2) is 0 Å². The van der Waals surface area contributed by atoms with Crippen molar-refractivity contribution in [2.24, 2.45) is 0 Å². The van der Waals surface area contributed by atoms with E-state index in [4.69, 9.17) is 0 Å². The molecule has 2 nitrogen and oxygen atoms in total. The first-order valence-electron chi connectivity index (χ1n) is 7.51. The van der Waals surface area contributed by atoms with Gasteiger partial charge in [-0.3, -0.25) is 0 Å². The van der Waals surface area contributed by atoms with E-state index in [0.717, 1.165) is 13.1 Å². The standard InChI is InChI=1S/C18H19N2/c1-3-7-17-15(5-1)13(9-11-19-17)14-10-12-20-18-8-4-2-6-16(14)18/h1-5,7-8,13-14,19-20H,9-12H2. The molecule has 2 aromatic rings. The van der Waals surface area contributed by atoms with E-state index in [2.05, 4.69) is 53.1 Å². The molecule has 101 valence electrons. The van der Waals surface area contributed by atoms with Gasteiger partial charge in [0.1, 0.15) is 0 Å². The summed E-state index contributed by atoms with van der Waals surface area (Å²) in [7, 11) is 0. The molecular formula is C18H19N2. The van der Waals surface area contributed by atoms with Gasteiger partial charge in [0.2, 0.25) is 0 Å². The Balaban J connectivity index is 1.77. The Bertz CT molecular complexity index is 565. The lowest BCUT2D eigenvalue weighted by atomic mass is 9.74. The Labute approximate surface area is 120 Å². The van der Waals surface area contributed by atoms with Crippen LogP contribution >= 0.6 is 0 Å². The van der Waals surface area contributed by atoms with Crippen molar-refractivity contribution in [1.82, 2.24) is 0 Å². The highest BCUT2D eigenvalue weighted by atomic mass is 14.9. The van der Waals surface area contributed by atoms with Crippen LogP contribution in [0, 0.1) is 6.07 Å². The fraction of sp³-hybridized carbons (Fsp3) is 0.333. The molecule has 1 radical (unpaired) electrons. The molecule has 2 heteroatoms. The number of fused-ring (bicyclic) bond motifs is 2. The molecule has 0 saturated carbocycles. The van der Waals surface area contributed by atoms with Crippen molar-refractivity contribution < 1.29 is 0 Å². The molecule has 2 aromatic carbocycles. The number of nitrogens with one attached hydrogen (secondary N) is 2. The van der Waals surface area contributed by atoms with Crippen LogP contribution in [0.3, 0.4) is 0 Å². The quantitative estimate of drug-likeness (QED) is 0.813. The van der Waals surface area contributed by atoms with E-state index in [1.54, 1.807) is 0 Å². The van der Waals surface area contributed by atoms with Crippen molar-refractivity contribution in [1.29, 1.82) is 0 Å². The zero-order valence-electron chi connectivity index (χ0n) is 11.5. The highest BCUT2D eigenvalue weighted by molar-refractivity contribution is 5.59. The first-order valence-corrected chi connectivity index (χ1v) is 7.51. The fourth-order valence-corrected chi connectivity index (χ4v) is 3.74. The summed E-state index contributed by atoms with van der Waals surface area (Å²) in [5.74, 6) is 1.21. The summed E-state index contributed by atoms with van der Waals surface area (Å²) in [5, 5.41) is 7.04. The lowest BCUT2D eigenvalue weighted by Crippen LogP contribution is -2.26. The van der Waals surface area contributed by atoms with Crippen LogP contribution in [0.4, 0.5) is 11.4 Å². The van der Waals surface area contributed by atoms with E-state index in [0.29, 0.717) is 11.8 Å². The van der Waals surface area contributed by atoms with Crippen molar-refractivity contribution in [3.05, 3.63) is 59.7 Å². The molecular weight excluding hydrogens is 244 g/mol. The van der Waals surface area contributed by atoms with Gasteiger partial charge in [-0.15, -0.1) is 0 Å². The van der Waals surface area contributed by atoms with Gasteiger partial charge in [-0.05, 0) is 54.0 Å². The fourth-order valence-electron chi connectivity index (χ4n) is 3.74. The van der Waals surface area contributed by atoms with Crippen LogP contribution in [0.1, 0.15) is 35.8 Å². The monoisotopic (exact) mass is 263 g/mol. The average molecular weight is 263 g/mol. The number of para-hydroxylation sites is 1. The van der Waals surface area contributed by atoms with Crippen LogP contribution in [0.5, 0.6) is 0 Å². The molecule has 0 fully saturated rings. The third-order valence-electron chi connectivity index (χ3n) is 4.65. The number of hydrogen-bond donors (Lipinski definition) is 2. The molecule has 20 heavy (non-hydrogen) atoms. The first kappa shape index (κ1) is 11.8. The molecule has 2 heterocycles. The van der Waals surface area contributed by atoms with Crippen molar-refractivity contribution >= 4 is 11.4 Å². The zero-order valence-corrected chi connectivity index (χ0v) is 11.5. The summed E-state index contributed by atoms with van der Waals surface area (Å²) in [6.07, 6.45) is 2.41. The molecule has 0 bridgehead atoms. The predicted molar refractivity (Wildman–Crippen MR) is 83.4 cm³/mol. The van der Waals surface area contributed by atoms with Crippen LogP contribution in [-0.2, 0) is 0 Å². The predicted octanol–water partition coefficient (Wildman–Crippen LogP) is 3.99. The van der Waals surface area contributed by atoms with Crippen LogP contribution in [0.15, 0.2) is 42.5 Å². The van der Waals surface area contributed by atoms with Crippen molar-refractivity contribution in [3.8, 4) is 0 Å². The van der Waals surface area contributed by atoms with Crippen molar-refractivity contribution in [3.63, 3.8) is 0 Å². The topological polar surface area (TPSA) is 24.1 Å². The molecule has 2 N–H and O–H groups in total. The molecule has 0 aromatic heterocycles. The van der Waals surface area contributed by atoms with E-state index in [-0.39, 0.29) is 0 Å². The second kappa shape index (κ2) is 4.86. The van der Waals surface area contributed by atoms with Gasteiger partial charge in [-0.1, -0.05) is 30.3 Å². The third-order valence-corrected chi connectivity index (χ3v) is 4.65. The highest BCUT2D eigenvalue weighted by Crippen LogP contribution is 2.46. The minimum atomic E-state index is 0.593. The highest BCUT2D eigenvalue weighted by Gasteiger charge is 2.31. The zero-order chi connectivity index (χ0) is 13.4. The summed E-state index contributed by atoms with van der Waals surface area (Å²) in [6, 6.07) is 18.6. The average Bonchev–Trinajstić information content (AvgIpc) is 2.54. The van der Waals surface area contributed by atoms with E-state index < -0.39 is 0 Å². The number of benzene rings is 2. The van der Waals surface area contributed by atoms with Gasteiger partial charge in [0.05, 0.1) is 0 Å². The summed E-state index contributed by atoms with van der Waals surface area (Å²) < 4.78 is 0. The molecule has 4 rings (SSSR count). The smallest absolute Gasteiger partial charge is 0.0382 e. The van der Waals surface area contributed by atoms with E-state index >= 15 is 0 Å². The van der Waals surface area contributed by atoms with Crippen LogP contribution in [0.2, 0.25) is 0 Å². The maximum atomic E-state index is 3.53. The van der Waals surface area contributed by atoms with Gasteiger partial charge in [-0.2, -0.15) is 0 Å². The lowest BCUT2D eigenvalue weighted by Gasteiger charge is -2.36. The van der Waals surface area contributed by atoms with Gasteiger partial charge in [0.25, 0.3) is 0 Å². The van der Waals surface area contributed by atoms with Crippen molar-refractivity contribution in [2.75, 3.05) is 23.7 Å². The largest absolute Gasteiger partial charge is 0.385 e. The van der Waals surface area contributed by atoms with Crippen molar-refractivity contribution in [2.45, 2.75) is 24.7 Å². The minimum absolute atomic E-state index is 0.593. The Morgan fingerprint density at radius 1 is 0.850 bits per heavy atom. The Kier molecular flexibility index (Phi) is 2.87. The van der Waals surface area contributed by atoms with Gasteiger partial charge >= 0.3 is 0 Å². The molecule has 2 atom stereocenters. The molecule has 0 aliphatic carbocycles. The summed E-state index contributed by atoms with van der Waals surface area (Å²) >= 11 is 0. The van der Waals surface area contributed by atoms with Crippen LogP contribution in [-0.4, -0.2) is 13.1 Å². The van der Waals surface area contributed by atoms with Crippen LogP contribution < -0.4 is 10.6 Å². The Hall–Kier alpha value is -1.96. The molecule has 0 amide bonds. The summed E-state index contributed by atoms with van der Waals surface area (Å²) in [6.45, 7) is 2.15. The Morgan fingerprint density at radius 3 is 2.55 bits per heavy atom. The van der Waals surface area contributed by atoms with E-state index in [1.807, 2.05) is 6.07 Å². The SMILES string of the molecule is [c]1cccc2c1C(C1CCNc3ccccc31)CCN2. The maximum Gasteiger partial charge on any atom is 0.0382 e.